The molecular weight excluding hydrogens is 288 g/mol. The van der Waals surface area contributed by atoms with E-state index in [1.165, 1.54) is 22.3 Å². The number of nitrogens with one attached hydrogen (secondary N) is 2. The molecule has 2 amide bonds. The van der Waals surface area contributed by atoms with Crippen LogP contribution in [0.25, 0.3) is 11.1 Å². The van der Waals surface area contributed by atoms with Crippen molar-refractivity contribution in [3.05, 3.63) is 53.6 Å². The van der Waals surface area contributed by atoms with Crippen molar-refractivity contribution in [3.63, 3.8) is 0 Å². The van der Waals surface area contributed by atoms with Crippen LogP contribution < -0.4 is 10.6 Å². The zero-order chi connectivity index (χ0) is 16.1. The van der Waals surface area contributed by atoms with E-state index in [1.807, 2.05) is 13.0 Å². The monoisotopic (exact) mass is 310 g/mol. The number of fused-ring (bicyclic) bond motifs is 3. The number of amides is 2. The highest BCUT2D eigenvalue weighted by molar-refractivity contribution is 5.90. The third-order valence-corrected chi connectivity index (χ3v) is 4.01. The molecule has 0 aromatic heterocycles. The minimum absolute atomic E-state index is 0.169. The Morgan fingerprint density at radius 1 is 1.13 bits per heavy atom. The van der Waals surface area contributed by atoms with Gasteiger partial charge in [0.25, 0.3) is 0 Å². The number of anilines is 1. The SMILES string of the molecule is CCOCCCNC(=O)Nc1ccc2c(c1)Cc1ccccc1-2. The Morgan fingerprint density at radius 2 is 1.96 bits per heavy atom. The van der Waals surface area contributed by atoms with E-state index in [0.29, 0.717) is 19.8 Å². The first-order valence-electron chi connectivity index (χ1n) is 8.11. The topological polar surface area (TPSA) is 50.4 Å². The molecule has 23 heavy (non-hydrogen) atoms. The lowest BCUT2D eigenvalue weighted by molar-refractivity contribution is 0.145. The van der Waals surface area contributed by atoms with Crippen molar-refractivity contribution < 1.29 is 9.53 Å². The van der Waals surface area contributed by atoms with Gasteiger partial charge in [-0.3, -0.25) is 0 Å². The van der Waals surface area contributed by atoms with Crippen LogP contribution in [-0.4, -0.2) is 25.8 Å². The van der Waals surface area contributed by atoms with Gasteiger partial charge in [-0.2, -0.15) is 0 Å². The molecule has 0 bridgehead atoms. The van der Waals surface area contributed by atoms with Crippen molar-refractivity contribution >= 4 is 11.7 Å². The lowest BCUT2D eigenvalue weighted by atomic mass is 10.1. The van der Waals surface area contributed by atoms with Gasteiger partial charge in [0.15, 0.2) is 0 Å². The summed E-state index contributed by atoms with van der Waals surface area (Å²) >= 11 is 0. The van der Waals surface area contributed by atoms with E-state index in [-0.39, 0.29) is 6.03 Å². The Balaban J connectivity index is 1.56. The van der Waals surface area contributed by atoms with Gasteiger partial charge in [-0.05, 0) is 54.2 Å². The fourth-order valence-corrected chi connectivity index (χ4v) is 2.92. The van der Waals surface area contributed by atoms with Gasteiger partial charge >= 0.3 is 6.03 Å². The van der Waals surface area contributed by atoms with Crippen LogP contribution in [0.4, 0.5) is 10.5 Å². The number of urea groups is 1. The standard InChI is InChI=1S/C19H22N2O2/c1-2-23-11-5-10-20-19(22)21-16-8-9-18-15(13-16)12-14-6-3-4-7-17(14)18/h3-4,6-9,13H,2,5,10-12H2,1H3,(H2,20,21,22). The predicted octanol–water partition coefficient (Wildman–Crippen LogP) is 3.81. The molecule has 0 spiro atoms. The molecule has 0 atom stereocenters. The summed E-state index contributed by atoms with van der Waals surface area (Å²) in [5.41, 5.74) is 6.01. The van der Waals surface area contributed by atoms with Gasteiger partial charge in [0.2, 0.25) is 0 Å². The first-order chi connectivity index (χ1) is 11.3. The number of carbonyl (C=O) groups excluding carboxylic acids is 1. The summed E-state index contributed by atoms with van der Waals surface area (Å²) in [6.45, 7) is 3.96. The second-order valence-electron chi connectivity index (χ2n) is 5.64. The second-order valence-corrected chi connectivity index (χ2v) is 5.64. The van der Waals surface area contributed by atoms with E-state index in [4.69, 9.17) is 4.74 Å². The zero-order valence-electron chi connectivity index (χ0n) is 13.4. The minimum atomic E-state index is -0.169. The number of ether oxygens (including phenoxy) is 1. The van der Waals surface area contributed by atoms with Crippen molar-refractivity contribution in [1.29, 1.82) is 0 Å². The highest BCUT2D eigenvalue weighted by Crippen LogP contribution is 2.37. The van der Waals surface area contributed by atoms with Crippen LogP contribution in [0.3, 0.4) is 0 Å². The minimum Gasteiger partial charge on any atom is -0.382 e. The van der Waals surface area contributed by atoms with Gasteiger partial charge in [0.1, 0.15) is 0 Å². The summed E-state index contributed by atoms with van der Waals surface area (Å²) in [5.74, 6) is 0. The van der Waals surface area contributed by atoms with Gasteiger partial charge in [-0.25, -0.2) is 4.79 Å². The molecule has 0 heterocycles. The summed E-state index contributed by atoms with van der Waals surface area (Å²) in [7, 11) is 0. The molecule has 0 unspecified atom stereocenters. The molecule has 120 valence electrons. The van der Waals surface area contributed by atoms with Crippen LogP contribution in [0, 0.1) is 0 Å². The van der Waals surface area contributed by atoms with Crippen LogP contribution in [0.15, 0.2) is 42.5 Å². The first kappa shape index (κ1) is 15.6. The van der Waals surface area contributed by atoms with Crippen molar-refractivity contribution in [2.75, 3.05) is 25.1 Å². The van der Waals surface area contributed by atoms with Crippen molar-refractivity contribution in [2.45, 2.75) is 19.8 Å². The molecule has 2 aromatic rings. The Kier molecular flexibility index (Phi) is 4.93. The number of benzene rings is 2. The van der Waals surface area contributed by atoms with E-state index in [0.717, 1.165) is 18.5 Å². The Labute approximate surface area is 136 Å². The molecule has 0 radical (unpaired) electrons. The Morgan fingerprint density at radius 3 is 2.83 bits per heavy atom. The van der Waals surface area contributed by atoms with E-state index in [1.54, 1.807) is 0 Å². The summed E-state index contributed by atoms with van der Waals surface area (Å²) in [4.78, 5) is 11.9. The van der Waals surface area contributed by atoms with Crippen molar-refractivity contribution in [1.82, 2.24) is 5.32 Å². The van der Waals surface area contributed by atoms with E-state index < -0.39 is 0 Å². The van der Waals surface area contributed by atoms with E-state index in [9.17, 15) is 4.79 Å². The van der Waals surface area contributed by atoms with Crippen LogP contribution in [0.1, 0.15) is 24.5 Å². The van der Waals surface area contributed by atoms with Crippen LogP contribution in [-0.2, 0) is 11.2 Å². The molecule has 2 aromatic carbocycles. The second kappa shape index (κ2) is 7.29. The largest absolute Gasteiger partial charge is 0.382 e. The summed E-state index contributed by atoms with van der Waals surface area (Å²) in [6, 6.07) is 14.4. The third kappa shape index (κ3) is 3.71. The van der Waals surface area contributed by atoms with Crippen molar-refractivity contribution in [2.24, 2.45) is 0 Å². The molecule has 4 nitrogen and oxygen atoms in total. The molecule has 1 aliphatic carbocycles. The average Bonchev–Trinajstić information content (AvgIpc) is 2.92. The molecule has 0 aliphatic heterocycles. The van der Waals surface area contributed by atoms with Crippen LogP contribution >= 0.6 is 0 Å². The zero-order valence-corrected chi connectivity index (χ0v) is 13.4. The molecule has 2 N–H and O–H groups in total. The van der Waals surface area contributed by atoms with Crippen LogP contribution in [0.5, 0.6) is 0 Å². The molecule has 1 aliphatic rings. The van der Waals surface area contributed by atoms with Gasteiger partial charge in [-0.1, -0.05) is 30.3 Å². The highest BCUT2D eigenvalue weighted by atomic mass is 16.5. The van der Waals surface area contributed by atoms with Gasteiger partial charge in [-0.15, -0.1) is 0 Å². The molecule has 0 saturated heterocycles. The summed E-state index contributed by atoms with van der Waals surface area (Å²) < 4.78 is 5.24. The number of rotatable bonds is 6. The van der Waals surface area contributed by atoms with Crippen LogP contribution in [0.2, 0.25) is 0 Å². The van der Waals surface area contributed by atoms with E-state index >= 15 is 0 Å². The maximum atomic E-state index is 11.9. The maximum absolute atomic E-state index is 11.9. The summed E-state index contributed by atoms with van der Waals surface area (Å²) in [6.07, 6.45) is 1.75. The maximum Gasteiger partial charge on any atom is 0.319 e. The first-order valence-corrected chi connectivity index (χ1v) is 8.11. The smallest absolute Gasteiger partial charge is 0.319 e. The normalized spacial score (nSPS) is 11.7. The fourth-order valence-electron chi connectivity index (χ4n) is 2.92. The van der Waals surface area contributed by atoms with Gasteiger partial charge in [0, 0.05) is 25.4 Å². The molecule has 3 rings (SSSR count). The quantitative estimate of drug-likeness (QED) is 0.680. The predicted molar refractivity (Wildman–Crippen MR) is 92.8 cm³/mol. The number of hydrogen-bond acceptors (Lipinski definition) is 2. The van der Waals surface area contributed by atoms with Gasteiger partial charge in [0.05, 0.1) is 0 Å². The van der Waals surface area contributed by atoms with E-state index in [2.05, 4.69) is 47.0 Å². The van der Waals surface area contributed by atoms with Gasteiger partial charge < -0.3 is 15.4 Å². The molecule has 0 fully saturated rings. The number of hydrogen-bond donors (Lipinski definition) is 2. The van der Waals surface area contributed by atoms with Crippen molar-refractivity contribution in [3.8, 4) is 11.1 Å². The lowest BCUT2D eigenvalue weighted by Crippen LogP contribution is -2.30. The highest BCUT2D eigenvalue weighted by Gasteiger charge is 2.18. The number of carbonyl (C=O) groups is 1. The average molecular weight is 310 g/mol. The molecule has 0 saturated carbocycles. The Bertz CT molecular complexity index is 698. The molecular formula is C19H22N2O2. The lowest BCUT2D eigenvalue weighted by Gasteiger charge is -2.09. The summed E-state index contributed by atoms with van der Waals surface area (Å²) in [5, 5.41) is 5.74. The third-order valence-electron chi connectivity index (χ3n) is 4.01. The Hall–Kier alpha value is -2.33. The molecule has 4 heteroatoms. The fraction of sp³-hybridized carbons (Fsp3) is 0.316.